The third-order valence-electron chi connectivity index (χ3n) is 2.31. The quantitative estimate of drug-likeness (QED) is 0.769. The van der Waals surface area contributed by atoms with Gasteiger partial charge in [-0.25, -0.2) is 0 Å². The van der Waals surface area contributed by atoms with Crippen molar-refractivity contribution in [2.45, 2.75) is 19.4 Å². The van der Waals surface area contributed by atoms with E-state index in [0.717, 1.165) is 5.56 Å². The van der Waals surface area contributed by atoms with E-state index in [9.17, 15) is 5.11 Å². The molecular formula is C12H19NO3. The lowest BCUT2D eigenvalue weighted by molar-refractivity contribution is 0.164. The smallest absolute Gasteiger partial charge is 0.166 e. The van der Waals surface area contributed by atoms with Crippen molar-refractivity contribution in [2.75, 3.05) is 20.3 Å². The number of aliphatic hydroxyl groups excluding tert-OH is 1. The van der Waals surface area contributed by atoms with Crippen LogP contribution in [0.5, 0.6) is 11.5 Å². The maximum atomic E-state index is 9.91. The van der Waals surface area contributed by atoms with Crippen molar-refractivity contribution in [3.63, 3.8) is 0 Å². The Balaban J connectivity index is 3.02. The summed E-state index contributed by atoms with van der Waals surface area (Å²) in [6.45, 7) is 2.90. The Morgan fingerprint density at radius 3 is 2.75 bits per heavy atom. The first kappa shape index (κ1) is 12.8. The molecule has 1 atom stereocenters. The molecule has 0 radical (unpaired) electrons. The molecule has 0 aliphatic rings. The molecule has 0 aliphatic heterocycles. The standard InChI is InChI=1S/C12H19NO3/c1-3-16-11-6-4-5-9(12(11)15-2)10(14)7-8-13/h4-6,10,14H,3,7-8,13H2,1-2H3. The lowest BCUT2D eigenvalue weighted by Gasteiger charge is -2.17. The van der Waals surface area contributed by atoms with Crippen molar-refractivity contribution in [1.29, 1.82) is 0 Å². The first-order chi connectivity index (χ1) is 7.74. The van der Waals surface area contributed by atoms with Gasteiger partial charge in [0.25, 0.3) is 0 Å². The van der Waals surface area contributed by atoms with Crippen molar-refractivity contribution in [3.05, 3.63) is 23.8 Å². The predicted octanol–water partition coefficient (Wildman–Crippen LogP) is 1.48. The number of hydrogen-bond donors (Lipinski definition) is 2. The molecule has 16 heavy (non-hydrogen) atoms. The van der Waals surface area contributed by atoms with Gasteiger partial charge in [-0.2, -0.15) is 0 Å². The Labute approximate surface area is 96.0 Å². The van der Waals surface area contributed by atoms with Gasteiger partial charge in [0.1, 0.15) is 0 Å². The summed E-state index contributed by atoms with van der Waals surface area (Å²) in [7, 11) is 1.57. The van der Waals surface area contributed by atoms with Gasteiger partial charge in [0.2, 0.25) is 0 Å². The monoisotopic (exact) mass is 225 g/mol. The molecule has 1 aromatic rings. The Bertz CT molecular complexity index is 328. The number of para-hydroxylation sites is 1. The Hall–Kier alpha value is -1.26. The van der Waals surface area contributed by atoms with E-state index in [0.29, 0.717) is 31.1 Å². The molecular weight excluding hydrogens is 206 g/mol. The third-order valence-corrected chi connectivity index (χ3v) is 2.31. The Morgan fingerprint density at radius 2 is 2.19 bits per heavy atom. The van der Waals surface area contributed by atoms with Crippen LogP contribution in [-0.4, -0.2) is 25.4 Å². The first-order valence-corrected chi connectivity index (χ1v) is 5.42. The van der Waals surface area contributed by atoms with Crippen LogP contribution in [-0.2, 0) is 0 Å². The second kappa shape index (κ2) is 6.35. The number of rotatable bonds is 6. The molecule has 3 N–H and O–H groups in total. The number of methoxy groups -OCH3 is 1. The number of benzene rings is 1. The molecule has 4 nitrogen and oxygen atoms in total. The third kappa shape index (κ3) is 2.87. The van der Waals surface area contributed by atoms with Crippen molar-refractivity contribution in [3.8, 4) is 11.5 Å². The average Bonchev–Trinajstić information content (AvgIpc) is 2.29. The zero-order valence-corrected chi connectivity index (χ0v) is 9.77. The zero-order chi connectivity index (χ0) is 12.0. The van der Waals surface area contributed by atoms with Crippen LogP contribution < -0.4 is 15.2 Å². The number of aliphatic hydroxyl groups is 1. The average molecular weight is 225 g/mol. The minimum absolute atomic E-state index is 0.434. The summed E-state index contributed by atoms with van der Waals surface area (Å²) in [5.74, 6) is 1.24. The molecule has 1 aromatic carbocycles. The second-order valence-corrected chi connectivity index (χ2v) is 3.40. The molecule has 0 aromatic heterocycles. The summed E-state index contributed by atoms with van der Waals surface area (Å²) in [4.78, 5) is 0. The van der Waals surface area contributed by atoms with Gasteiger partial charge in [-0.15, -0.1) is 0 Å². The number of nitrogens with two attached hydrogens (primary N) is 1. The maximum absolute atomic E-state index is 9.91. The lowest BCUT2D eigenvalue weighted by Crippen LogP contribution is -2.08. The molecule has 0 fully saturated rings. The minimum Gasteiger partial charge on any atom is -0.492 e. The normalized spacial score (nSPS) is 12.2. The summed E-state index contributed by atoms with van der Waals surface area (Å²) in [6, 6.07) is 5.48. The van der Waals surface area contributed by atoms with Crippen LogP contribution in [0.1, 0.15) is 25.0 Å². The molecule has 1 unspecified atom stereocenters. The van der Waals surface area contributed by atoms with Crippen molar-refractivity contribution >= 4 is 0 Å². The molecule has 0 aliphatic carbocycles. The maximum Gasteiger partial charge on any atom is 0.166 e. The fraction of sp³-hybridized carbons (Fsp3) is 0.500. The van der Waals surface area contributed by atoms with Crippen LogP contribution in [0.25, 0.3) is 0 Å². The number of ether oxygens (including phenoxy) is 2. The molecule has 1 rings (SSSR count). The SMILES string of the molecule is CCOc1cccc(C(O)CCN)c1OC. The summed E-state index contributed by atoms with van der Waals surface area (Å²) < 4.78 is 10.7. The summed E-state index contributed by atoms with van der Waals surface area (Å²) in [5, 5.41) is 9.91. The van der Waals surface area contributed by atoms with E-state index in [-0.39, 0.29) is 0 Å². The Kier molecular flexibility index (Phi) is 5.08. The molecule has 0 saturated heterocycles. The van der Waals surface area contributed by atoms with Gasteiger partial charge < -0.3 is 20.3 Å². The highest BCUT2D eigenvalue weighted by Crippen LogP contribution is 2.35. The summed E-state index contributed by atoms with van der Waals surface area (Å²) in [6.07, 6.45) is -0.105. The molecule has 0 heterocycles. The Morgan fingerprint density at radius 1 is 1.44 bits per heavy atom. The van der Waals surface area contributed by atoms with Gasteiger partial charge in [-0.05, 0) is 26.0 Å². The van der Waals surface area contributed by atoms with Crippen LogP contribution in [0.3, 0.4) is 0 Å². The highest BCUT2D eigenvalue weighted by atomic mass is 16.5. The van der Waals surface area contributed by atoms with Gasteiger partial charge in [-0.1, -0.05) is 12.1 Å². The van der Waals surface area contributed by atoms with E-state index in [2.05, 4.69) is 0 Å². The lowest BCUT2D eigenvalue weighted by atomic mass is 10.0. The second-order valence-electron chi connectivity index (χ2n) is 3.40. The predicted molar refractivity (Wildman–Crippen MR) is 62.8 cm³/mol. The van der Waals surface area contributed by atoms with E-state index in [1.807, 2.05) is 25.1 Å². The van der Waals surface area contributed by atoms with Gasteiger partial charge >= 0.3 is 0 Å². The van der Waals surface area contributed by atoms with E-state index < -0.39 is 6.10 Å². The van der Waals surface area contributed by atoms with Gasteiger partial charge in [-0.3, -0.25) is 0 Å². The van der Waals surface area contributed by atoms with Crippen molar-refractivity contribution in [1.82, 2.24) is 0 Å². The van der Waals surface area contributed by atoms with Gasteiger partial charge in [0.15, 0.2) is 11.5 Å². The summed E-state index contributed by atoms with van der Waals surface area (Å²) >= 11 is 0. The van der Waals surface area contributed by atoms with Crippen molar-refractivity contribution < 1.29 is 14.6 Å². The van der Waals surface area contributed by atoms with Crippen LogP contribution in [0.4, 0.5) is 0 Å². The molecule has 0 bridgehead atoms. The van der Waals surface area contributed by atoms with E-state index >= 15 is 0 Å². The molecule has 4 heteroatoms. The minimum atomic E-state index is -0.611. The first-order valence-electron chi connectivity index (χ1n) is 5.42. The molecule has 0 saturated carbocycles. The molecule has 90 valence electrons. The van der Waals surface area contributed by atoms with Crippen LogP contribution in [0.15, 0.2) is 18.2 Å². The highest BCUT2D eigenvalue weighted by Gasteiger charge is 2.16. The topological polar surface area (TPSA) is 64.7 Å². The highest BCUT2D eigenvalue weighted by molar-refractivity contribution is 5.47. The van der Waals surface area contributed by atoms with Crippen molar-refractivity contribution in [2.24, 2.45) is 5.73 Å². The molecule has 0 spiro atoms. The fourth-order valence-corrected chi connectivity index (χ4v) is 1.60. The van der Waals surface area contributed by atoms with Crippen LogP contribution in [0.2, 0.25) is 0 Å². The van der Waals surface area contributed by atoms with E-state index in [1.165, 1.54) is 0 Å². The van der Waals surface area contributed by atoms with E-state index in [1.54, 1.807) is 7.11 Å². The molecule has 0 amide bonds. The van der Waals surface area contributed by atoms with E-state index in [4.69, 9.17) is 15.2 Å². The van der Waals surface area contributed by atoms with Crippen LogP contribution in [0, 0.1) is 0 Å². The van der Waals surface area contributed by atoms with Gasteiger partial charge in [0.05, 0.1) is 19.8 Å². The summed E-state index contributed by atoms with van der Waals surface area (Å²) in [5.41, 5.74) is 6.14. The van der Waals surface area contributed by atoms with Crippen LogP contribution >= 0.6 is 0 Å². The van der Waals surface area contributed by atoms with Gasteiger partial charge in [0, 0.05) is 5.56 Å². The number of hydrogen-bond acceptors (Lipinski definition) is 4. The fourth-order valence-electron chi connectivity index (χ4n) is 1.60. The largest absolute Gasteiger partial charge is 0.492 e. The zero-order valence-electron chi connectivity index (χ0n) is 9.77.